The van der Waals surface area contributed by atoms with Crippen LogP contribution in [0.25, 0.3) is 11.3 Å². The van der Waals surface area contributed by atoms with E-state index < -0.39 is 0 Å². The fourth-order valence-corrected chi connectivity index (χ4v) is 2.21. The van der Waals surface area contributed by atoms with Crippen LogP contribution >= 0.6 is 15.9 Å². The Morgan fingerprint density at radius 1 is 1.11 bits per heavy atom. The predicted octanol–water partition coefficient (Wildman–Crippen LogP) is 4.51. The molecule has 1 aromatic carbocycles. The monoisotopic (exact) mass is 304 g/mol. The van der Waals surface area contributed by atoms with E-state index in [2.05, 4.69) is 71.8 Å². The zero-order valence-electron chi connectivity index (χ0n) is 11.2. The molecule has 2 nitrogen and oxygen atoms in total. The number of halogens is 1. The van der Waals surface area contributed by atoms with Crippen LogP contribution in [0.2, 0.25) is 0 Å². The van der Waals surface area contributed by atoms with Crippen LogP contribution < -0.4 is 0 Å². The maximum Gasteiger partial charge on any atom is 0.197 e. The van der Waals surface area contributed by atoms with Gasteiger partial charge in [-0.1, -0.05) is 39.0 Å². The molecule has 0 radical (unpaired) electrons. The molecule has 0 unspecified atom stereocenters. The van der Waals surface area contributed by atoms with E-state index in [0.29, 0.717) is 4.73 Å². The van der Waals surface area contributed by atoms with Gasteiger partial charge in [0.05, 0.1) is 5.69 Å². The van der Waals surface area contributed by atoms with Crippen molar-refractivity contribution < 1.29 is 0 Å². The van der Waals surface area contributed by atoms with Crippen molar-refractivity contribution in [3.05, 3.63) is 46.3 Å². The summed E-state index contributed by atoms with van der Waals surface area (Å²) in [6, 6.07) is 8.50. The van der Waals surface area contributed by atoms with E-state index in [4.69, 9.17) is 0 Å². The van der Waals surface area contributed by atoms with Crippen LogP contribution in [0, 0.1) is 6.92 Å². The van der Waals surface area contributed by atoms with E-state index >= 15 is 0 Å². The molecule has 0 aliphatic rings. The van der Waals surface area contributed by atoms with Crippen LogP contribution in [0.15, 0.2) is 35.2 Å². The van der Waals surface area contributed by atoms with Crippen molar-refractivity contribution in [2.24, 2.45) is 0 Å². The minimum absolute atomic E-state index is 0.176. The lowest BCUT2D eigenvalue weighted by Gasteiger charge is -2.20. The van der Waals surface area contributed by atoms with Gasteiger partial charge in [0.15, 0.2) is 4.73 Å². The zero-order chi connectivity index (χ0) is 13.3. The number of hydrogen-bond acceptors (Lipinski definition) is 2. The van der Waals surface area contributed by atoms with Gasteiger partial charge in [0.25, 0.3) is 0 Å². The summed E-state index contributed by atoms with van der Waals surface area (Å²) >= 11 is 3.31. The standard InChI is InChI=1S/C15H17BrN2/c1-10-9-11(15(2,3)4)5-6-12(10)13-7-8-17-14(16)18-13/h5-9H,1-4H3. The minimum atomic E-state index is 0.176. The molecule has 94 valence electrons. The first kappa shape index (κ1) is 13.2. The van der Waals surface area contributed by atoms with Gasteiger partial charge in [-0.25, -0.2) is 9.97 Å². The van der Waals surface area contributed by atoms with E-state index in [9.17, 15) is 0 Å². The van der Waals surface area contributed by atoms with Crippen LogP contribution in [0.5, 0.6) is 0 Å². The third-order valence-electron chi connectivity index (χ3n) is 2.99. The normalized spacial score (nSPS) is 11.6. The maximum atomic E-state index is 4.40. The second-order valence-corrected chi connectivity index (χ2v) is 6.20. The van der Waals surface area contributed by atoms with Crippen LogP contribution in [0.4, 0.5) is 0 Å². The molecule has 0 bridgehead atoms. The number of nitrogens with zero attached hydrogens (tertiary/aromatic N) is 2. The average molecular weight is 305 g/mol. The fourth-order valence-electron chi connectivity index (χ4n) is 1.90. The SMILES string of the molecule is Cc1cc(C(C)(C)C)ccc1-c1ccnc(Br)n1. The molecule has 1 heterocycles. The van der Waals surface area contributed by atoms with E-state index in [1.165, 1.54) is 11.1 Å². The molecule has 0 aliphatic carbocycles. The second kappa shape index (κ2) is 4.81. The zero-order valence-corrected chi connectivity index (χ0v) is 12.7. The Morgan fingerprint density at radius 2 is 1.83 bits per heavy atom. The smallest absolute Gasteiger partial charge is 0.197 e. The van der Waals surface area contributed by atoms with Crippen LogP contribution in [-0.4, -0.2) is 9.97 Å². The Bertz CT molecular complexity index is 571. The van der Waals surface area contributed by atoms with E-state index in [-0.39, 0.29) is 5.41 Å². The second-order valence-electron chi connectivity index (χ2n) is 5.49. The molecule has 1 aromatic heterocycles. The molecule has 0 N–H and O–H groups in total. The number of aromatic nitrogens is 2. The maximum absolute atomic E-state index is 4.40. The lowest BCUT2D eigenvalue weighted by Crippen LogP contribution is -2.11. The molecule has 2 rings (SSSR count). The van der Waals surface area contributed by atoms with E-state index in [1.807, 2.05) is 6.07 Å². The Labute approximate surface area is 117 Å². The molecule has 18 heavy (non-hydrogen) atoms. The molecule has 0 spiro atoms. The molecular formula is C15H17BrN2. The van der Waals surface area contributed by atoms with Gasteiger partial charge in [-0.05, 0) is 45.5 Å². The van der Waals surface area contributed by atoms with Crippen LogP contribution in [-0.2, 0) is 5.41 Å². The lowest BCUT2D eigenvalue weighted by molar-refractivity contribution is 0.590. The van der Waals surface area contributed by atoms with Crippen molar-refractivity contribution in [1.82, 2.24) is 9.97 Å². The van der Waals surface area contributed by atoms with Gasteiger partial charge in [-0.15, -0.1) is 0 Å². The van der Waals surface area contributed by atoms with Crippen molar-refractivity contribution in [2.45, 2.75) is 33.1 Å². The highest BCUT2D eigenvalue weighted by Gasteiger charge is 2.15. The van der Waals surface area contributed by atoms with Crippen LogP contribution in [0.1, 0.15) is 31.9 Å². The molecule has 3 heteroatoms. The van der Waals surface area contributed by atoms with Gasteiger partial charge in [-0.2, -0.15) is 0 Å². The minimum Gasteiger partial charge on any atom is -0.231 e. The highest BCUT2D eigenvalue weighted by Crippen LogP contribution is 2.28. The molecular weight excluding hydrogens is 288 g/mol. The summed E-state index contributed by atoms with van der Waals surface area (Å²) < 4.78 is 0.624. The predicted molar refractivity (Wildman–Crippen MR) is 78.6 cm³/mol. The molecule has 0 aliphatic heterocycles. The van der Waals surface area contributed by atoms with Gasteiger partial charge >= 0.3 is 0 Å². The highest BCUT2D eigenvalue weighted by atomic mass is 79.9. The van der Waals surface area contributed by atoms with Gasteiger partial charge in [0.2, 0.25) is 0 Å². The third kappa shape index (κ3) is 2.78. The summed E-state index contributed by atoms with van der Waals surface area (Å²) in [5.41, 5.74) is 4.88. The largest absolute Gasteiger partial charge is 0.231 e. The van der Waals surface area contributed by atoms with Gasteiger partial charge in [0.1, 0.15) is 0 Å². The molecule has 0 saturated carbocycles. The average Bonchev–Trinajstić information content (AvgIpc) is 2.27. The molecule has 0 saturated heterocycles. The molecule has 0 amide bonds. The summed E-state index contributed by atoms with van der Waals surface area (Å²) in [6.07, 6.45) is 1.77. The number of rotatable bonds is 1. The summed E-state index contributed by atoms with van der Waals surface area (Å²) in [5.74, 6) is 0. The Balaban J connectivity index is 2.48. The summed E-state index contributed by atoms with van der Waals surface area (Å²) in [4.78, 5) is 8.46. The molecule has 0 atom stereocenters. The summed E-state index contributed by atoms with van der Waals surface area (Å²) in [5, 5.41) is 0. The Kier molecular flexibility index (Phi) is 3.53. The quantitative estimate of drug-likeness (QED) is 0.724. The number of hydrogen-bond donors (Lipinski definition) is 0. The van der Waals surface area contributed by atoms with Crippen molar-refractivity contribution in [1.29, 1.82) is 0 Å². The van der Waals surface area contributed by atoms with Crippen molar-refractivity contribution in [2.75, 3.05) is 0 Å². The first-order chi connectivity index (χ1) is 8.38. The Morgan fingerprint density at radius 3 is 2.39 bits per heavy atom. The topological polar surface area (TPSA) is 25.8 Å². The van der Waals surface area contributed by atoms with Crippen molar-refractivity contribution >= 4 is 15.9 Å². The fraction of sp³-hybridized carbons (Fsp3) is 0.333. The molecule has 0 fully saturated rings. The summed E-state index contributed by atoms with van der Waals surface area (Å²) in [7, 11) is 0. The third-order valence-corrected chi connectivity index (χ3v) is 3.38. The van der Waals surface area contributed by atoms with Gasteiger partial charge < -0.3 is 0 Å². The first-order valence-electron chi connectivity index (χ1n) is 5.98. The Hall–Kier alpha value is -1.22. The number of aryl methyl sites for hydroxylation is 1. The van der Waals surface area contributed by atoms with Crippen molar-refractivity contribution in [3.8, 4) is 11.3 Å². The lowest BCUT2D eigenvalue weighted by atomic mass is 9.85. The molecule has 2 aromatic rings. The van der Waals surface area contributed by atoms with Gasteiger partial charge in [-0.3, -0.25) is 0 Å². The summed E-state index contributed by atoms with van der Waals surface area (Å²) in [6.45, 7) is 8.80. The van der Waals surface area contributed by atoms with E-state index in [1.54, 1.807) is 6.20 Å². The number of benzene rings is 1. The van der Waals surface area contributed by atoms with E-state index in [0.717, 1.165) is 11.3 Å². The van der Waals surface area contributed by atoms with Crippen LogP contribution in [0.3, 0.4) is 0 Å². The van der Waals surface area contributed by atoms with Gasteiger partial charge in [0, 0.05) is 11.8 Å². The first-order valence-corrected chi connectivity index (χ1v) is 6.77. The highest BCUT2D eigenvalue weighted by molar-refractivity contribution is 9.10. The van der Waals surface area contributed by atoms with Crippen molar-refractivity contribution in [3.63, 3.8) is 0 Å².